The van der Waals surface area contributed by atoms with E-state index in [4.69, 9.17) is 5.11 Å². The lowest BCUT2D eigenvalue weighted by Gasteiger charge is -2.24. The second kappa shape index (κ2) is 7.26. The van der Waals surface area contributed by atoms with Crippen molar-refractivity contribution in [2.24, 2.45) is 0 Å². The van der Waals surface area contributed by atoms with Crippen LogP contribution in [0.3, 0.4) is 0 Å². The number of hydrogen-bond donors (Lipinski definition) is 2. The molecule has 0 atom stereocenters. The summed E-state index contributed by atoms with van der Waals surface area (Å²) < 4.78 is 12.9. The molecule has 0 saturated carbocycles. The lowest BCUT2D eigenvalue weighted by molar-refractivity contribution is 0.0697. The first-order valence-electron chi connectivity index (χ1n) is 6.82. The van der Waals surface area contributed by atoms with Crippen molar-refractivity contribution in [2.45, 2.75) is 6.42 Å². The fraction of sp³-hybridized carbons (Fsp3) is 0.118. The highest BCUT2D eigenvalue weighted by Gasteiger charge is 2.07. The van der Waals surface area contributed by atoms with Gasteiger partial charge in [0.05, 0.1) is 11.3 Å². The molecule has 22 heavy (non-hydrogen) atoms. The second-order valence-electron chi connectivity index (χ2n) is 4.71. The highest BCUT2D eigenvalue weighted by atomic mass is 19.1. The van der Waals surface area contributed by atoms with E-state index < -0.39 is 5.97 Å². The minimum atomic E-state index is -0.957. The Bertz CT molecular complexity index is 639. The zero-order valence-electron chi connectivity index (χ0n) is 12.0. The molecule has 0 fully saturated rings. The van der Waals surface area contributed by atoms with Gasteiger partial charge in [0.15, 0.2) is 0 Å². The van der Waals surface area contributed by atoms with Gasteiger partial charge in [-0.1, -0.05) is 18.7 Å². The van der Waals surface area contributed by atoms with Gasteiger partial charge < -0.3 is 10.5 Å². The van der Waals surface area contributed by atoms with Gasteiger partial charge in [-0.25, -0.2) is 9.18 Å². The first-order chi connectivity index (χ1) is 10.6. The molecule has 0 aromatic heterocycles. The molecular weight excluding hydrogens is 283 g/mol. The van der Waals surface area contributed by atoms with Crippen LogP contribution in [0.25, 0.3) is 0 Å². The topological polar surface area (TPSA) is 52.6 Å². The lowest BCUT2D eigenvalue weighted by atomic mass is 10.1. The first-order valence-corrected chi connectivity index (χ1v) is 6.82. The largest absolute Gasteiger partial charge is 0.478 e. The van der Waals surface area contributed by atoms with Crippen LogP contribution >= 0.6 is 0 Å². The van der Waals surface area contributed by atoms with Crippen LogP contribution in [0.1, 0.15) is 15.9 Å². The number of nitrogens with one attached hydrogen (secondary N) is 1. The van der Waals surface area contributed by atoms with Gasteiger partial charge in [-0.2, -0.15) is 0 Å². The second-order valence-corrected chi connectivity index (χ2v) is 4.71. The summed E-state index contributed by atoms with van der Waals surface area (Å²) in [6, 6.07) is 12.9. The van der Waals surface area contributed by atoms with Gasteiger partial charge >= 0.3 is 5.97 Å². The van der Waals surface area contributed by atoms with E-state index >= 15 is 0 Å². The Morgan fingerprint density at radius 1 is 1.18 bits per heavy atom. The van der Waals surface area contributed by atoms with Crippen LogP contribution in [0.5, 0.6) is 0 Å². The zero-order chi connectivity index (χ0) is 15.9. The molecule has 2 aromatic rings. The maximum absolute atomic E-state index is 12.9. The molecule has 5 heteroatoms. The van der Waals surface area contributed by atoms with Crippen molar-refractivity contribution in [3.05, 3.63) is 78.3 Å². The van der Waals surface area contributed by atoms with Crippen LogP contribution in [0.15, 0.2) is 61.3 Å². The Kier molecular flexibility index (Phi) is 5.14. The molecule has 114 valence electrons. The fourth-order valence-electron chi connectivity index (χ4n) is 2.05. The molecule has 0 radical (unpaired) electrons. The average molecular weight is 300 g/mol. The quantitative estimate of drug-likeness (QED) is 0.771. The molecular formula is C17H17FN2O2. The summed E-state index contributed by atoms with van der Waals surface area (Å²) in [5.74, 6) is -1.21. The molecule has 0 aliphatic rings. The Morgan fingerprint density at radius 2 is 1.82 bits per heavy atom. The molecule has 0 bridgehead atoms. The van der Waals surface area contributed by atoms with Gasteiger partial charge in [-0.05, 0) is 48.4 Å². The Labute approximate surface area is 128 Å². The number of carboxylic acid groups (broad SMARTS) is 1. The third-order valence-corrected chi connectivity index (χ3v) is 3.21. The van der Waals surface area contributed by atoms with Crippen molar-refractivity contribution in [1.29, 1.82) is 0 Å². The number of rotatable bonds is 7. The number of aromatic carboxylic acids is 1. The van der Waals surface area contributed by atoms with Crippen molar-refractivity contribution < 1.29 is 14.3 Å². The summed E-state index contributed by atoms with van der Waals surface area (Å²) in [6.07, 6.45) is 2.26. The SMILES string of the molecule is C=CNN(CCc1ccc(F)cc1)c1ccc(C(=O)O)cc1. The molecule has 4 nitrogen and oxygen atoms in total. The molecule has 2 rings (SSSR count). The summed E-state index contributed by atoms with van der Waals surface area (Å²) in [5, 5.41) is 10.8. The van der Waals surface area contributed by atoms with Crippen LogP contribution in [-0.2, 0) is 6.42 Å². The van der Waals surface area contributed by atoms with Crippen LogP contribution in [0.4, 0.5) is 10.1 Å². The minimum Gasteiger partial charge on any atom is -0.478 e. The number of carbonyl (C=O) groups is 1. The number of hydrazine groups is 1. The van der Waals surface area contributed by atoms with E-state index in [1.54, 1.807) is 42.6 Å². The summed E-state index contributed by atoms with van der Waals surface area (Å²) >= 11 is 0. The normalized spacial score (nSPS) is 10.0. The standard InChI is InChI=1S/C17H17FN2O2/c1-2-19-20(12-11-13-3-7-15(18)8-4-13)16-9-5-14(6-10-16)17(21)22/h2-10,19H,1,11-12H2,(H,21,22). The highest BCUT2D eigenvalue weighted by Crippen LogP contribution is 2.15. The third-order valence-electron chi connectivity index (χ3n) is 3.21. The maximum Gasteiger partial charge on any atom is 0.335 e. The molecule has 0 spiro atoms. The molecule has 0 aliphatic heterocycles. The Morgan fingerprint density at radius 3 is 2.36 bits per heavy atom. The number of halogens is 1. The number of anilines is 1. The highest BCUT2D eigenvalue weighted by molar-refractivity contribution is 5.88. The van der Waals surface area contributed by atoms with Gasteiger partial charge in [0.2, 0.25) is 0 Å². The van der Waals surface area contributed by atoms with E-state index in [0.717, 1.165) is 11.3 Å². The van der Waals surface area contributed by atoms with Crippen molar-refractivity contribution in [1.82, 2.24) is 5.43 Å². The first kappa shape index (κ1) is 15.6. The van der Waals surface area contributed by atoms with Gasteiger partial charge in [0.25, 0.3) is 0 Å². The van der Waals surface area contributed by atoms with E-state index in [-0.39, 0.29) is 11.4 Å². The van der Waals surface area contributed by atoms with E-state index in [0.29, 0.717) is 13.0 Å². The smallest absolute Gasteiger partial charge is 0.335 e. The third kappa shape index (κ3) is 4.09. The van der Waals surface area contributed by atoms with Crippen molar-refractivity contribution >= 4 is 11.7 Å². The van der Waals surface area contributed by atoms with Crippen LogP contribution in [0.2, 0.25) is 0 Å². The lowest BCUT2D eigenvalue weighted by Crippen LogP contribution is -2.35. The van der Waals surface area contributed by atoms with Crippen LogP contribution in [-0.4, -0.2) is 17.6 Å². The monoisotopic (exact) mass is 300 g/mol. The Balaban J connectivity index is 2.07. The zero-order valence-corrected chi connectivity index (χ0v) is 12.0. The number of carboxylic acids is 1. The Hall–Kier alpha value is -2.82. The molecule has 2 N–H and O–H groups in total. The fourth-order valence-corrected chi connectivity index (χ4v) is 2.05. The molecule has 0 saturated heterocycles. The van der Waals surface area contributed by atoms with Crippen LogP contribution < -0.4 is 10.4 Å². The number of benzene rings is 2. The van der Waals surface area contributed by atoms with Crippen molar-refractivity contribution in [3.8, 4) is 0 Å². The van der Waals surface area contributed by atoms with E-state index in [1.807, 2.05) is 5.01 Å². The van der Waals surface area contributed by atoms with Crippen molar-refractivity contribution in [3.63, 3.8) is 0 Å². The summed E-state index contributed by atoms with van der Waals surface area (Å²) in [6.45, 7) is 4.27. The summed E-state index contributed by atoms with van der Waals surface area (Å²) in [5.41, 5.74) is 5.08. The van der Waals surface area contributed by atoms with Gasteiger partial charge in [-0.3, -0.25) is 5.01 Å². The number of hydrogen-bond acceptors (Lipinski definition) is 3. The molecule has 0 heterocycles. The maximum atomic E-state index is 12.9. The molecule has 0 amide bonds. The predicted octanol–water partition coefficient (Wildman–Crippen LogP) is 3.22. The van der Waals surface area contributed by atoms with Gasteiger partial charge in [0.1, 0.15) is 5.82 Å². The van der Waals surface area contributed by atoms with E-state index in [9.17, 15) is 9.18 Å². The van der Waals surface area contributed by atoms with Gasteiger partial charge in [-0.15, -0.1) is 0 Å². The van der Waals surface area contributed by atoms with Gasteiger partial charge in [0, 0.05) is 12.7 Å². The minimum absolute atomic E-state index is 0.237. The molecule has 0 unspecified atom stereocenters. The molecule has 2 aromatic carbocycles. The van der Waals surface area contributed by atoms with Crippen molar-refractivity contribution in [2.75, 3.05) is 11.6 Å². The molecule has 0 aliphatic carbocycles. The average Bonchev–Trinajstić information content (AvgIpc) is 2.53. The van der Waals surface area contributed by atoms with E-state index in [1.165, 1.54) is 12.1 Å². The summed E-state index contributed by atoms with van der Waals surface area (Å²) in [7, 11) is 0. The van der Waals surface area contributed by atoms with E-state index in [2.05, 4.69) is 12.0 Å². The van der Waals surface area contributed by atoms with Crippen LogP contribution in [0, 0.1) is 5.82 Å². The predicted molar refractivity (Wildman–Crippen MR) is 84.2 cm³/mol. The number of nitrogens with zero attached hydrogens (tertiary/aromatic N) is 1. The summed E-state index contributed by atoms with van der Waals surface area (Å²) in [4.78, 5) is 10.9.